The van der Waals surface area contributed by atoms with Gasteiger partial charge in [0.2, 0.25) is 5.91 Å². The van der Waals surface area contributed by atoms with Gasteiger partial charge in [-0.3, -0.25) is 9.59 Å². The number of ether oxygens (including phenoxy) is 1. The SMILES string of the molecule is CCOC(=O)c1c(NC(=O)CCC(=O)c2ccc(C)s2)sc(C)c1C. The quantitative estimate of drug-likeness (QED) is 0.567. The molecule has 0 unspecified atom stereocenters. The van der Waals surface area contributed by atoms with Crippen molar-refractivity contribution < 1.29 is 19.1 Å². The van der Waals surface area contributed by atoms with Gasteiger partial charge in [-0.2, -0.15) is 0 Å². The molecule has 1 N–H and O–H groups in total. The number of carbonyl (C=O) groups excluding carboxylic acids is 3. The van der Waals surface area contributed by atoms with Gasteiger partial charge < -0.3 is 10.1 Å². The fraction of sp³-hybridized carbons (Fsp3) is 0.389. The Morgan fingerprint density at radius 2 is 1.80 bits per heavy atom. The first kappa shape index (κ1) is 19.3. The van der Waals surface area contributed by atoms with Gasteiger partial charge in [-0.15, -0.1) is 22.7 Å². The molecular formula is C18H21NO4S2. The van der Waals surface area contributed by atoms with Crippen molar-refractivity contribution in [2.75, 3.05) is 11.9 Å². The monoisotopic (exact) mass is 379 g/mol. The standard InChI is InChI=1S/C18H21NO4S2/c1-5-23-18(22)16-11(3)12(4)25-17(16)19-15(21)9-7-13(20)14-8-6-10(2)24-14/h6,8H,5,7,9H2,1-4H3,(H,19,21). The molecule has 0 saturated heterocycles. The number of rotatable bonds is 7. The largest absolute Gasteiger partial charge is 0.462 e. The van der Waals surface area contributed by atoms with E-state index < -0.39 is 5.97 Å². The Hall–Kier alpha value is -1.99. The van der Waals surface area contributed by atoms with Crippen molar-refractivity contribution in [1.29, 1.82) is 0 Å². The van der Waals surface area contributed by atoms with E-state index >= 15 is 0 Å². The molecule has 2 heterocycles. The molecule has 0 aliphatic rings. The van der Waals surface area contributed by atoms with Crippen LogP contribution in [0.3, 0.4) is 0 Å². The van der Waals surface area contributed by atoms with E-state index in [4.69, 9.17) is 4.74 Å². The number of esters is 1. The topological polar surface area (TPSA) is 72.5 Å². The minimum Gasteiger partial charge on any atom is -0.462 e. The second-order valence-corrected chi connectivity index (χ2v) is 8.10. The highest BCUT2D eigenvalue weighted by Crippen LogP contribution is 2.33. The highest BCUT2D eigenvalue weighted by Gasteiger charge is 2.22. The maximum absolute atomic E-state index is 12.2. The Morgan fingerprint density at radius 1 is 1.08 bits per heavy atom. The van der Waals surface area contributed by atoms with Crippen LogP contribution in [-0.2, 0) is 9.53 Å². The van der Waals surface area contributed by atoms with Gasteiger partial charge in [0.15, 0.2) is 5.78 Å². The van der Waals surface area contributed by atoms with Crippen molar-refractivity contribution in [2.24, 2.45) is 0 Å². The van der Waals surface area contributed by atoms with Crippen LogP contribution in [0.1, 0.15) is 55.1 Å². The lowest BCUT2D eigenvalue weighted by Crippen LogP contribution is -2.15. The average molecular weight is 380 g/mol. The molecule has 2 aromatic rings. The number of carbonyl (C=O) groups is 3. The summed E-state index contributed by atoms with van der Waals surface area (Å²) >= 11 is 2.77. The van der Waals surface area contributed by atoms with E-state index in [1.165, 1.54) is 22.7 Å². The van der Waals surface area contributed by atoms with Crippen LogP contribution in [-0.4, -0.2) is 24.3 Å². The molecule has 134 valence electrons. The van der Waals surface area contributed by atoms with Gasteiger partial charge in [0.25, 0.3) is 0 Å². The van der Waals surface area contributed by atoms with Crippen molar-refractivity contribution in [2.45, 2.75) is 40.5 Å². The van der Waals surface area contributed by atoms with E-state index in [1.54, 1.807) is 13.0 Å². The van der Waals surface area contributed by atoms with Crippen LogP contribution in [0.5, 0.6) is 0 Å². The van der Waals surface area contributed by atoms with Crippen LogP contribution in [0, 0.1) is 20.8 Å². The smallest absolute Gasteiger partial charge is 0.341 e. The molecule has 2 aromatic heterocycles. The summed E-state index contributed by atoms with van der Waals surface area (Å²) in [4.78, 5) is 39.1. The molecule has 0 aromatic carbocycles. The van der Waals surface area contributed by atoms with E-state index in [1.807, 2.05) is 26.8 Å². The second kappa shape index (κ2) is 8.40. The number of ketones is 1. The van der Waals surface area contributed by atoms with E-state index in [0.29, 0.717) is 15.4 Å². The van der Waals surface area contributed by atoms with E-state index in [0.717, 1.165) is 15.3 Å². The number of hydrogen-bond acceptors (Lipinski definition) is 6. The summed E-state index contributed by atoms with van der Waals surface area (Å²) < 4.78 is 5.07. The maximum atomic E-state index is 12.2. The second-order valence-electron chi connectivity index (χ2n) is 5.59. The van der Waals surface area contributed by atoms with Gasteiger partial charge in [0.1, 0.15) is 5.00 Å². The molecule has 0 fully saturated rings. The molecule has 0 radical (unpaired) electrons. The third-order valence-corrected chi connectivity index (χ3v) is 5.88. The van der Waals surface area contributed by atoms with Crippen LogP contribution >= 0.6 is 22.7 Å². The predicted octanol–water partition coefficient (Wildman–Crippen LogP) is 4.51. The lowest BCUT2D eigenvalue weighted by molar-refractivity contribution is -0.116. The number of amides is 1. The lowest BCUT2D eigenvalue weighted by atomic mass is 10.1. The maximum Gasteiger partial charge on any atom is 0.341 e. The molecule has 0 aliphatic heterocycles. The number of anilines is 1. The first-order chi connectivity index (χ1) is 11.8. The summed E-state index contributed by atoms with van der Waals surface area (Å²) in [6.07, 6.45) is 0.220. The predicted molar refractivity (Wildman–Crippen MR) is 101 cm³/mol. The van der Waals surface area contributed by atoms with Gasteiger partial charge in [0.05, 0.1) is 17.0 Å². The number of Topliss-reactive ketones (excluding diaryl/α,β-unsaturated/α-hetero) is 1. The summed E-state index contributed by atoms with van der Waals surface area (Å²) in [6, 6.07) is 3.67. The summed E-state index contributed by atoms with van der Waals surface area (Å²) in [5.41, 5.74) is 1.21. The Labute approximate surface area is 155 Å². The zero-order valence-corrected chi connectivity index (χ0v) is 16.4. The molecule has 7 heteroatoms. The Morgan fingerprint density at radius 3 is 2.40 bits per heavy atom. The summed E-state index contributed by atoms with van der Waals surface area (Å²) in [5, 5.41) is 3.24. The Bertz CT molecular complexity index is 804. The molecule has 0 bridgehead atoms. The molecule has 0 spiro atoms. The molecule has 0 aliphatic carbocycles. The zero-order valence-electron chi connectivity index (χ0n) is 14.7. The van der Waals surface area contributed by atoms with Crippen LogP contribution in [0.2, 0.25) is 0 Å². The minimum atomic E-state index is -0.440. The molecular weight excluding hydrogens is 358 g/mol. The third kappa shape index (κ3) is 4.76. The van der Waals surface area contributed by atoms with Crippen LogP contribution < -0.4 is 5.32 Å². The van der Waals surface area contributed by atoms with E-state index in [2.05, 4.69) is 5.32 Å². The lowest BCUT2D eigenvalue weighted by Gasteiger charge is -2.07. The van der Waals surface area contributed by atoms with Gasteiger partial charge in [0, 0.05) is 22.6 Å². The van der Waals surface area contributed by atoms with Crippen molar-refractivity contribution in [3.63, 3.8) is 0 Å². The van der Waals surface area contributed by atoms with E-state index in [-0.39, 0.29) is 31.1 Å². The van der Waals surface area contributed by atoms with Gasteiger partial charge >= 0.3 is 5.97 Å². The van der Waals surface area contributed by atoms with Crippen LogP contribution in [0.15, 0.2) is 12.1 Å². The number of thiophene rings is 2. The van der Waals surface area contributed by atoms with Gasteiger partial charge in [-0.25, -0.2) is 4.79 Å². The van der Waals surface area contributed by atoms with Crippen molar-refractivity contribution in [1.82, 2.24) is 0 Å². The summed E-state index contributed by atoms with van der Waals surface area (Å²) in [6.45, 7) is 7.67. The normalized spacial score (nSPS) is 10.6. The fourth-order valence-corrected chi connectivity index (χ4v) is 4.19. The zero-order chi connectivity index (χ0) is 18.6. The first-order valence-corrected chi connectivity index (χ1v) is 9.63. The van der Waals surface area contributed by atoms with Crippen molar-refractivity contribution >= 4 is 45.3 Å². The number of aryl methyl sites for hydroxylation is 2. The van der Waals surface area contributed by atoms with E-state index in [9.17, 15) is 14.4 Å². The molecule has 2 rings (SSSR count). The fourth-order valence-electron chi connectivity index (χ4n) is 2.29. The molecule has 5 nitrogen and oxygen atoms in total. The minimum absolute atomic E-state index is 0.0441. The molecule has 0 atom stereocenters. The van der Waals surface area contributed by atoms with Crippen LogP contribution in [0.25, 0.3) is 0 Å². The van der Waals surface area contributed by atoms with Gasteiger partial charge in [-0.05, 0) is 45.4 Å². The van der Waals surface area contributed by atoms with Crippen LogP contribution in [0.4, 0.5) is 5.00 Å². The third-order valence-electron chi connectivity index (χ3n) is 3.71. The molecule has 0 saturated carbocycles. The first-order valence-electron chi connectivity index (χ1n) is 8.00. The van der Waals surface area contributed by atoms with Gasteiger partial charge in [-0.1, -0.05) is 0 Å². The number of hydrogen-bond donors (Lipinski definition) is 1. The van der Waals surface area contributed by atoms with Crippen molar-refractivity contribution in [3.05, 3.63) is 37.9 Å². The Kier molecular flexibility index (Phi) is 6.50. The highest BCUT2D eigenvalue weighted by atomic mass is 32.1. The highest BCUT2D eigenvalue weighted by molar-refractivity contribution is 7.16. The number of nitrogens with one attached hydrogen (secondary N) is 1. The average Bonchev–Trinajstić information content (AvgIpc) is 3.09. The summed E-state index contributed by atoms with van der Waals surface area (Å²) in [5.74, 6) is -0.768. The molecule has 1 amide bonds. The Balaban J connectivity index is 2.02. The molecule has 25 heavy (non-hydrogen) atoms. The van der Waals surface area contributed by atoms with Crippen molar-refractivity contribution in [3.8, 4) is 0 Å². The summed E-state index contributed by atoms with van der Waals surface area (Å²) in [7, 11) is 0.